The summed E-state index contributed by atoms with van der Waals surface area (Å²) in [5.74, 6) is 0.389. The first-order chi connectivity index (χ1) is 17.1. The topological polar surface area (TPSA) is 70.4 Å². The Morgan fingerprint density at radius 2 is 1.71 bits per heavy atom. The molecule has 35 heavy (non-hydrogen) atoms. The maximum atomic E-state index is 13.2. The predicted octanol–water partition coefficient (Wildman–Crippen LogP) is 3.29. The monoisotopic (exact) mass is 469 g/mol. The molecule has 0 radical (unpaired) electrons. The van der Waals surface area contributed by atoms with Crippen molar-refractivity contribution < 1.29 is 4.79 Å². The number of aromatic nitrogens is 4. The number of aryl methyl sites for hydroxylation is 1. The number of piperidine rings is 1. The fourth-order valence-corrected chi connectivity index (χ4v) is 5.44. The molecule has 0 spiro atoms. The number of carbonyl (C=O) groups is 1. The second-order valence-electron chi connectivity index (χ2n) is 9.88. The fourth-order valence-electron chi connectivity index (χ4n) is 5.44. The zero-order valence-electron chi connectivity index (χ0n) is 20.4. The second-order valence-corrected chi connectivity index (χ2v) is 9.88. The fraction of sp³-hybridized carbons (Fsp3) is 0.407. The lowest BCUT2D eigenvalue weighted by atomic mass is 9.92. The van der Waals surface area contributed by atoms with Crippen LogP contribution in [-0.2, 0) is 7.05 Å². The van der Waals surface area contributed by atoms with Crippen LogP contribution in [0.15, 0.2) is 49.1 Å². The summed E-state index contributed by atoms with van der Waals surface area (Å²) in [4.78, 5) is 33.9. The van der Waals surface area contributed by atoms with Crippen molar-refractivity contribution in [3.63, 3.8) is 0 Å². The van der Waals surface area contributed by atoms with E-state index >= 15 is 0 Å². The van der Waals surface area contributed by atoms with Crippen LogP contribution in [0.4, 0.5) is 5.69 Å². The minimum Gasteiger partial charge on any atom is -0.368 e. The zero-order valence-corrected chi connectivity index (χ0v) is 20.4. The summed E-state index contributed by atoms with van der Waals surface area (Å²) in [6.07, 6.45) is 7.43. The molecule has 2 fully saturated rings. The number of anilines is 1. The summed E-state index contributed by atoms with van der Waals surface area (Å²) in [6, 6.07) is 10.2. The van der Waals surface area contributed by atoms with Crippen LogP contribution in [0, 0.1) is 0 Å². The van der Waals surface area contributed by atoms with Crippen molar-refractivity contribution in [2.24, 2.45) is 7.05 Å². The Labute approximate surface area is 205 Å². The first kappa shape index (κ1) is 22.0. The maximum Gasteiger partial charge on any atom is 0.253 e. The molecule has 4 aromatic rings. The summed E-state index contributed by atoms with van der Waals surface area (Å²) in [7, 11) is 4.18. The minimum absolute atomic E-state index is 0.108. The van der Waals surface area contributed by atoms with Crippen molar-refractivity contribution in [2.45, 2.75) is 18.8 Å². The lowest BCUT2D eigenvalue weighted by Crippen LogP contribution is -2.44. The van der Waals surface area contributed by atoms with Crippen molar-refractivity contribution in [1.82, 2.24) is 29.3 Å². The number of likely N-dealkylation sites (tertiary alicyclic amines) is 1. The van der Waals surface area contributed by atoms with Gasteiger partial charge in [-0.05, 0) is 50.2 Å². The van der Waals surface area contributed by atoms with Gasteiger partial charge in [-0.15, -0.1) is 0 Å². The van der Waals surface area contributed by atoms with E-state index in [1.165, 1.54) is 0 Å². The molecule has 0 N–H and O–H groups in total. The molecule has 2 aliphatic heterocycles. The normalized spacial score (nSPS) is 18.0. The number of benzene rings is 1. The number of carbonyl (C=O) groups excluding carboxylic acids is 1. The number of hydrogen-bond donors (Lipinski definition) is 0. The molecule has 3 aromatic heterocycles. The van der Waals surface area contributed by atoms with Gasteiger partial charge in [-0.2, -0.15) is 0 Å². The summed E-state index contributed by atoms with van der Waals surface area (Å²) in [6.45, 7) is 5.58. The largest absolute Gasteiger partial charge is 0.368 e. The SMILES string of the molecule is CN1CCN(c2cnc3c(C4CCN(C(=O)c5ccc6c(ccn6C)c5)CC4)ncnc3c2)CC1. The van der Waals surface area contributed by atoms with Crippen LogP contribution >= 0.6 is 0 Å². The Kier molecular flexibility index (Phi) is 5.60. The first-order valence-corrected chi connectivity index (χ1v) is 12.5. The van der Waals surface area contributed by atoms with E-state index in [1.807, 2.05) is 42.5 Å². The molecule has 0 unspecified atom stereocenters. The smallest absolute Gasteiger partial charge is 0.253 e. The van der Waals surface area contributed by atoms with Gasteiger partial charge >= 0.3 is 0 Å². The molecule has 8 heteroatoms. The quantitative estimate of drug-likeness (QED) is 0.459. The summed E-state index contributed by atoms with van der Waals surface area (Å²) in [5, 5.41) is 1.10. The highest BCUT2D eigenvalue weighted by molar-refractivity contribution is 5.98. The number of piperazine rings is 1. The average molecular weight is 470 g/mol. The molecule has 6 rings (SSSR count). The van der Waals surface area contributed by atoms with Crippen molar-refractivity contribution >= 4 is 33.5 Å². The molecule has 2 aliphatic rings. The van der Waals surface area contributed by atoms with Crippen LogP contribution in [0.1, 0.15) is 34.8 Å². The van der Waals surface area contributed by atoms with Crippen molar-refractivity contribution in [1.29, 1.82) is 0 Å². The second kappa shape index (κ2) is 8.92. The Morgan fingerprint density at radius 1 is 0.914 bits per heavy atom. The van der Waals surface area contributed by atoms with Gasteiger partial charge in [0.05, 0.1) is 23.1 Å². The Hall–Kier alpha value is -3.52. The van der Waals surface area contributed by atoms with Crippen LogP contribution in [0.25, 0.3) is 21.9 Å². The highest BCUT2D eigenvalue weighted by Gasteiger charge is 2.27. The molecular formula is C27H31N7O. The molecule has 5 heterocycles. The van der Waals surface area contributed by atoms with Crippen molar-refractivity contribution in [3.8, 4) is 0 Å². The van der Waals surface area contributed by atoms with Crippen LogP contribution in [0.3, 0.4) is 0 Å². The molecule has 0 saturated carbocycles. The van der Waals surface area contributed by atoms with Gasteiger partial charge in [0, 0.05) is 74.9 Å². The van der Waals surface area contributed by atoms with Gasteiger partial charge in [0.15, 0.2) is 0 Å². The molecule has 0 aliphatic carbocycles. The number of pyridine rings is 1. The van der Waals surface area contributed by atoms with E-state index in [0.717, 1.165) is 91.0 Å². The molecule has 1 amide bonds. The lowest BCUT2D eigenvalue weighted by molar-refractivity contribution is 0.0712. The lowest BCUT2D eigenvalue weighted by Gasteiger charge is -2.34. The van der Waals surface area contributed by atoms with E-state index in [2.05, 4.69) is 43.5 Å². The van der Waals surface area contributed by atoms with E-state index in [1.54, 1.807) is 6.33 Å². The number of fused-ring (bicyclic) bond motifs is 2. The number of nitrogens with zero attached hydrogens (tertiary/aromatic N) is 7. The maximum absolute atomic E-state index is 13.2. The van der Waals surface area contributed by atoms with Crippen molar-refractivity contribution in [2.75, 3.05) is 51.2 Å². The van der Waals surface area contributed by atoms with Gasteiger partial charge in [-0.25, -0.2) is 9.97 Å². The van der Waals surface area contributed by atoms with Crippen molar-refractivity contribution in [3.05, 3.63) is 60.3 Å². The van der Waals surface area contributed by atoms with Gasteiger partial charge in [0.2, 0.25) is 0 Å². The molecule has 180 valence electrons. The number of rotatable bonds is 3. The number of likely N-dealkylation sites (N-methyl/N-ethyl adjacent to an activating group) is 1. The number of hydrogen-bond acceptors (Lipinski definition) is 6. The van der Waals surface area contributed by atoms with E-state index in [9.17, 15) is 4.79 Å². The average Bonchev–Trinajstić information content (AvgIpc) is 3.28. The van der Waals surface area contributed by atoms with E-state index in [4.69, 9.17) is 4.98 Å². The molecular weight excluding hydrogens is 438 g/mol. The van der Waals surface area contributed by atoms with Gasteiger partial charge in [0.25, 0.3) is 5.91 Å². The Morgan fingerprint density at radius 3 is 2.51 bits per heavy atom. The molecule has 2 saturated heterocycles. The molecule has 1 aromatic carbocycles. The number of amides is 1. The zero-order chi connectivity index (χ0) is 23.9. The summed E-state index contributed by atoms with van der Waals surface area (Å²) < 4.78 is 2.07. The third-order valence-corrected chi connectivity index (χ3v) is 7.66. The Bertz CT molecular complexity index is 1380. The van der Waals surface area contributed by atoms with Crippen LogP contribution in [0.2, 0.25) is 0 Å². The summed E-state index contributed by atoms with van der Waals surface area (Å²) in [5.41, 5.74) is 5.83. The third-order valence-electron chi connectivity index (χ3n) is 7.66. The highest BCUT2D eigenvalue weighted by Crippen LogP contribution is 2.32. The molecule has 0 bridgehead atoms. The van der Waals surface area contributed by atoms with E-state index in [0.29, 0.717) is 0 Å². The van der Waals surface area contributed by atoms with E-state index < -0.39 is 0 Å². The highest BCUT2D eigenvalue weighted by atomic mass is 16.2. The van der Waals surface area contributed by atoms with Gasteiger partial charge in [-0.3, -0.25) is 9.78 Å². The first-order valence-electron chi connectivity index (χ1n) is 12.5. The summed E-state index contributed by atoms with van der Waals surface area (Å²) >= 11 is 0. The van der Waals surface area contributed by atoms with Crippen LogP contribution < -0.4 is 4.90 Å². The van der Waals surface area contributed by atoms with Gasteiger partial charge in [-0.1, -0.05) is 0 Å². The van der Waals surface area contributed by atoms with Crippen LogP contribution in [-0.4, -0.2) is 81.5 Å². The van der Waals surface area contributed by atoms with Gasteiger partial charge < -0.3 is 19.3 Å². The van der Waals surface area contributed by atoms with E-state index in [-0.39, 0.29) is 11.8 Å². The third kappa shape index (κ3) is 4.12. The standard InChI is InChI=1S/C27H31N7O/c1-31-11-13-33(14-12-31)22-16-23-26(28-17-22)25(30-18-29-23)19-6-9-34(10-7-19)27(35)21-3-4-24-20(15-21)5-8-32(24)2/h3-5,8,15-19H,6-7,9-14H2,1-2H3. The predicted molar refractivity (Wildman–Crippen MR) is 138 cm³/mol. The molecule has 0 atom stereocenters. The minimum atomic E-state index is 0.108. The van der Waals surface area contributed by atoms with Crippen LogP contribution in [0.5, 0.6) is 0 Å². The van der Waals surface area contributed by atoms with Gasteiger partial charge in [0.1, 0.15) is 11.8 Å². The molecule has 8 nitrogen and oxygen atoms in total. The Balaban J connectivity index is 1.17.